The fraction of sp³-hybridized carbons (Fsp3) is 0.517. The van der Waals surface area contributed by atoms with Crippen LogP contribution in [0.2, 0.25) is 5.02 Å². The van der Waals surface area contributed by atoms with Gasteiger partial charge in [0.05, 0.1) is 5.41 Å². The highest BCUT2D eigenvalue weighted by molar-refractivity contribution is 6.30. The Labute approximate surface area is 214 Å². The molecule has 35 heavy (non-hydrogen) atoms. The summed E-state index contributed by atoms with van der Waals surface area (Å²) in [5.41, 5.74) is 2.28. The summed E-state index contributed by atoms with van der Waals surface area (Å²) < 4.78 is 0. The highest BCUT2D eigenvalue weighted by Crippen LogP contribution is 2.43. The number of piperidine rings is 1. The quantitative estimate of drug-likeness (QED) is 0.580. The Balaban J connectivity index is 1.20. The molecule has 2 aromatic rings. The summed E-state index contributed by atoms with van der Waals surface area (Å²) in [5.74, 6) is 1.39. The van der Waals surface area contributed by atoms with E-state index in [-0.39, 0.29) is 11.3 Å². The van der Waals surface area contributed by atoms with Gasteiger partial charge in [-0.15, -0.1) is 0 Å². The molecule has 2 amide bonds. The summed E-state index contributed by atoms with van der Waals surface area (Å²) in [4.78, 5) is 32.5. The molecule has 0 radical (unpaired) electrons. The maximum Gasteiger partial charge on any atom is 0.229 e. The van der Waals surface area contributed by atoms with Gasteiger partial charge in [0.2, 0.25) is 11.8 Å². The van der Waals surface area contributed by atoms with Gasteiger partial charge in [0.1, 0.15) is 0 Å². The van der Waals surface area contributed by atoms with Crippen LogP contribution in [0.4, 0.5) is 0 Å². The Kier molecular flexibility index (Phi) is 7.17. The Hall–Kier alpha value is -2.37. The number of hydrogen-bond donors (Lipinski definition) is 0. The number of halogens is 1. The smallest absolute Gasteiger partial charge is 0.229 e. The third kappa shape index (κ3) is 5.12. The van der Waals surface area contributed by atoms with Gasteiger partial charge in [0, 0.05) is 50.1 Å². The van der Waals surface area contributed by atoms with Crippen LogP contribution in [0.25, 0.3) is 0 Å². The lowest BCUT2D eigenvalue weighted by Gasteiger charge is -2.39. The van der Waals surface area contributed by atoms with E-state index in [1.807, 2.05) is 36.1 Å². The van der Waals surface area contributed by atoms with Crippen molar-refractivity contribution in [2.75, 3.05) is 39.3 Å². The average molecular weight is 494 g/mol. The number of carbonyl (C=O) groups is 2. The summed E-state index contributed by atoms with van der Waals surface area (Å²) in [6.07, 6.45) is 3.39. The Bertz CT molecular complexity index is 1030. The van der Waals surface area contributed by atoms with Crippen LogP contribution in [0, 0.1) is 11.3 Å². The first-order chi connectivity index (χ1) is 17.0. The molecular formula is C29H36ClN3O2. The SMILES string of the molecule is CCC(=O)N1C[C@H](CN2CCC3(CC2)CCN(Cc2ccc(Cl)cc2)C3=O)[C@@H](c2ccccc2)C1. The second kappa shape index (κ2) is 10.3. The predicted molar refractivity (Wildman–Crippen MR) is 139 cm³/mol. The predicted octanol–water partition coefficient (Wildman–Crippen LogP) is 4.81. The number of benzene rings is 2. The molecule has 0 saturated carbocycles. The molecule has 2 atom stereocenters. The first-order valence-corrected chi connectivity index (χ1v) is 13.4. The monoisotopic (exact) mass is 493 g/mol. The third-order valence-corrected chi connectivity index (χ3v) is 8.77. The van der Waals surface area contributed by atoms with E-state index >= 15 is 0 Å². The molecule has 0 bridgehead atoms. The maximum absolute atomic E-state index is 13.4. The summed E-state index contributed by atoms with van der Waals surface area (Å²) >= 11 is 6.02. The van der Waals surface area contributed by atoms with Crippen LogP contribution >= 0.6 is 11.6 Å². The highest BCUT2D eigenvalue weighted by atomic mass is 35.5. The number of rotatable bonds is 6. The van der Waals surface area contributed by atoms with Crippen LogP contribution in [-0.2, 0) is 16.1 Å². The van der Waals surface area contributed by atoms with Crippen LogP contribution in [0.3, 0.4) is 0 Å². The first-order valence-electron chi connectivity index (χ1n) is 13.1. The van der Waals surface area contributed by atoms with Gasteiger partial charge in [-0.2, -0.15) is 0 Å². The van der Waals surface area contributed by atoms with Crippen molar-refractivity contribution in [3.63, 3.8) is 0 Å². The first kappa shape index (κ1) is 24.3. The molecular weight excluding hydrogens is 458 g/mol. The van der Waals surface area contributed by atoms with Gasteiger partial charge in [0.15, 0.2) is 0 Å². The molecule has 0 aromatic heterocycles. The summed E-state index contributed by atoms with van der Waals surface area (Å²) in [6, 6.07) is 18.5. The topological polar surface area (TPSA) is 43.9 Å². The van der Waals surface area contributed by atoms with Crippen molar-refractivity contribution in [2.24, 2.45) is 11.3 Å². The molecule has 3 fully saturated rings. The largest absolute Gasteiger partial charge is 0.342 e. The molecule has 0 aliphatic carbocycles. The molecule has 186 valence electrons. The number of likely N-dealkylation sites (tertiary alicyclic amines) is 3. The Morgan fingerprint density at radius 1 is 0.971 bits per heavy atom. The van der Waals surface area contributed by atoms with Crippen molar-refractivity contribution in [2.45, 2.75) is 45.1 Å². The van der Waals surface area contributed by atoms with E-state index in [1.165, 1.54) is 5.56 Å². The molecule has 5 rings (SSSR count). The van der Waals surface area contributed by atoms with E-state index in [2.05, 4.69) is 40.1 Å². The van der Waals surface area contributed by atoms with E-state index in [4.69, 9.17) is 11.6 Å². The van der Waals surface area contributed by atoms with Gasteiger partial charge in [-0.05, 0) is 61.5 Å². The van der Waals surface area contributed by atoms with Crippen LogP contribution in [0.15, 0.2) is 54.6 Å². The molecule has 5 nitrogen and oxygen atoms in total. The maximum atomic E-state index is 13.4. The molecule has 2 aromatic carbocycles. The second-order valence-electron chi connectivity index (χ2n) is 10.6. The fourth-order valence-electron chi connectivity index (χ4n) is 6.37. The molecule has 3 saturated heterocycles. The summed E-state index contributed by atoms with van der Waals surface area (Å²) in [7, 11) is 0. The van der Waals surface area contributed by atoms with Gasteiger partial charge in [-0.3, -0.25) is 9.59 Å². The molecule has 6 heteroatoms. The third-order valence-electron chi connectivity index (χ3n) is 8.52. The molecule has 3 aliphatic heterocycles. The van der Waals surface area contributed by atoms with Crippen molar-refractivity contribution < 1.29 is 9.59 Å². The molecule has 3 aliphatic rings. The lowest BCUT2D eigenvalue weighted by Crippen LogP contribution is -2.46. The van der Waals surface area contributed by atoms with Crippen molar-refractivity contribution in [1.82, 2.24) is 14.7 Å². The van der Waals surface area contributed by atoms with Crippen molar-refractivity contribution in [3.8, 4) is 0 Å². The summed E-state index contributed by atoms with van der Waals surface area (Å²) in [5, 5.41) is 0.726. The van der Waals surface area contributed by atoms with Gasteiger partial charge in [-0.1, -0.05) is 61.0 Å². The molecule has 3 heterocycles. The van der Waals surface area contributed by atoms with E-state index in [1.54, 1.807) is 0 Å². The minimum absolute atomic E-state index is 0.193. The standard InChI is InChI=1S/C29H36ClN3O2/c1-2-27(34)33-20-24(26(21-33)23-6-4-3-5-7-23)19-31-15-12-29(13-16-31)14-17-32(28(29)35)18-22-8-10-25(30)11-9-22/h3-11,24,26H,2,12-21H2,1H3/t24-,26+/m0/s1. The highest BCUT2D eigenvalue weighted by Gasteiger charge is 2.48. The number of carbonyl (C=O) groups excluding carboxylic acids is 2. The van der Waals surface area contributed by atoms with Crippen molar-refractivity contribution in [3.05, 3.63) is 70.7 Å². The molecule has 1 spiro atoms. The number of nitrogens with zero attached hydrogens (tertiary/aromatic N) is 3. The second-order valence-corrected chi connectivity index (χ2v) is 11.1. The lowest BCUT2D eigenvalue weighted by atomic mass is 9.76. The van der Waals surface area contributed by atoms with Gasteiger partial charge in [-0.25, -0.2) is 0 Å². The number of amides is 2. The van der Waals surface area contributed by atoms with Crippen LogP contribution in [0.1, 0.15) is 49.7 Å². The Morgan fingerprint density at radius 3 is 2.34 bits per heavy atom. The normalized spacial score (nSPS) is 24.5. The number of hydrogen-bond acceptors (Lipinski definition) is 3. The van der Waals surface area contributed by atoms with Crippen molar-refractivity contribution in [1.29, 1.82) is 0 Å². The zero-order valence-corrected chi connectivity index (χ0v) is 21.4. The van der Waals surface area contributed by atoms with Gasteiger partial charge < -0.3 is 14.7 Å². The van der Waals surface area contributed by atoms with Crippen LogP contribution < -0.4 is 0 Å². The zero-order chi connectivity index (χ0) is 24.4. The Morgan fingerprint density at radius 2 is 1.66 bits per heavy atom. The van der Waals surface area contributed by atoms with Crippen molar-refractivity contribution >= 4 is 23.4 Å². The van der Waals surface area contributed by atoms with E-state index in [0.717, 1.165) is 69.1 Å². The molecule has 0 unspecified atom stereocenters. The van der Waals surface area contributed by atoms with E-state index < -0.39 is 0 Å². The minimum atomic E-state index is -0.193. The fourth-order valence-corrected chi connectivity index (χ4v) is 6.50. The van der Waals surface area contributed by atoms with Crippen LogP contribution in [-0.4, -0.2) is 65.8 Å². The average Bonchev–Trinajstić information content (AvgIpc) is 3.44. The lowest BCUT2D eigenvalue weighted by molar-refractivity contribution is -0.139. The van der Waals surface area contributed by atoms with Gasteiger partial charge >= 0.3 is 0 Å². The zero-order valence-electron chi connectivity index (χ0n) is 20.7. The van der Waals surface area contributed by atoms with E-state index in [0.29, 0.717) is 30.7 Å². The molecule has 0 N–H and O–H groups in total. The minimum Gasteiger partial charge on any atom is -0.342 e. The van der Waals surface area contributed by atoms with Crippen LogP contribution in [0.5, 0.6) is 0 Å². The van der Waals surface area contributed by atoms with Gasteiger partial charge in [0.25, 0.3) is 0 Å². The van der Waals surface area contributed by atoms with E-state index in [9.17, 15) is 9.59 Å². The summed E-state index contributed by atoms with van der Waals surface area (Å²) in [6.45, 7) is 8.02.